The predicted octanol–water partition coefficient (Wildman–Crippen LogP) is 3.83. The largest absolute Gasteiger partial charge is 0.243 e. The fourth-order valence-corrected chi connectivity index (χ4v) is 4.81. The van der Waals surface area contributed by atoms with E-state index in [0.29, 0.717) is 11.4 Å². The highest BCUT2D eigenvalue weighted by Crippen LogP contribution is 2.36. The fourth-order valence-electron chi connectivity index (χ4n) is 3.05. The third kappa shape index (κ3) is 2.69. The summed E-state index contributed by atoms with van der Waals surface area (Å²) in [4.78, 5) is 0.401. The Morgan fingerprint density at radius 3 is 2.41 bits per heavy atom. The molecule has 4 heteroatoms. The van der Waals surface area contributed by atoms with Crippen molar-refractivity contribution in [3.05, 3.63) is 65.2 Å². The van der Waals surface area contributed by atoms with Crippen molar-refractivity contribution in [2.75, 3.05) is 6.54 Å². The SMILES string of the molecule is Cc1ccc(S(=O)(=O)N2CCC[C@@H]2c2ccccc2)cc1C. The molecule has 2 aromatic rings. The van der Waals surface area contributed by atoms with Crippen LogP contribution in [0.25, 0.3) is 0 Å². The molecule has 0 bridgehead atoms. The van der Waals surface area contributed by atoms with Crippen molar-refractivity contribution < 1.29 is 8.42 Å². The van der Waals surface area contributed by atoms with Crippen LogP contribution in [-0.2, 0) is 10.0 Å². The number of hydrogen-bond donors (Lipinski definition) is 0. The topological polar surface area (TPSA) is 37.4 Å². The van der Waals surface area contributed by atoms with Gasteiger partial charge in [-0.1, -0.05) is 36.4 Å². The lowest BCUT2D eigenvalue weighted by Crippen LogP contribution is -2.30. The second-order valence-electron chi connectivity index (χ2n) is 5.93. The molecule has 0 unspecified atom stereocenters. The molecule has 0 radical (unpaired) electrons. The molecule has 1 aliphatic rings. The van der Waals surface area contributed by atoms with Crippen molar-refractivity contribution in [1.29, 1.82) is 0 Å². The van der Waals surface area contributed by atoms with E-state index in [0.717, 1.165) is 29.5 Å². The van der Waals surface area contributed by atoms with Crippen LogP contribution in [0.15, 0.2) is 53.4 Å². The van der Waals surface area contributed by atoms with Crippen molar-refractivity contribution >= 4 is 10.0 Å². The number of sulfonamides is 1. The molecule has 2 aromatic carbocycles. The molecule has 0 amide bonds. The molecule has 0 N–H and O–H groups in total. The highest BCUT2D eigenvalue weighted by molar-refractivity contribution is 7.89. The molecule has 22 heavy (non-hydrogen) atoms. The Kier molecular flexibility index (Phi) is 4.06. The van der Waals surface area contributed by atoms with Gasteiger partial charge in [0.1, 0.15) is 0 Å². The number of rotatable bonds is 3. The quantitative estimate of drug-likeness (QED) is 0.863. The van der Waals surface area contributed by atoms with Gasteiger partial charge in [0, 0.05) is 6.54 Å². The standard InChI is InChI=1S/C18H21NO2S/c1-14-10-11-17(13-15(14)2)22(20,21)19-12-6-9-18(19)16-7-4-3-5-8-16/h3-5,7-8,10-11,13,18H,6,9,12H2,1-2H3/t18-/m1/s1. The molecular formula is C18H21NO2S. The van der Waals surface area contributed by atoms with Crippen LogP contribution in [-0.4, -0.2) is 19.3 Å². The third-order valence-electron chi connectivity index (χ3n) is 4.47. The van der Waals surface area contributed by atoms with Gasteiger partial charge < -0.3 is 0 Å². The van der Waals surface area contributed by atoms with Crippen molar-refractivity contribution in [1.82, 2.24) is 4.31 Å². The summed E-state index contributed by atoms with van der Waals surface area (Å²) in [5, 5.41) is 0. The maximum atomic E-state index is 13.0. The maximum absolute atomic E-state index is 13.0. The van der Waals surface area contributed by atoms with Crippen molar-refractivity contribution in [3.63, 3.8) is 0 Å². The van der Waals surface area contributed by atoms with E-state index in [1.165, 1.54) is 0 Å². The first-order valence-electron chi connectivity index (χ1n) is 7.64. The molecule has 0 aromatic heterocycles. The van der Waals surface area contributed by atoms with Gasteiger partial charge in [-0.25, -0.2) is 8.42 Å². The summed E-state index contributed by atoms with van der Waals surface area (Å²) >= 11 is 0. The summed E-state index contributed by atoms with van der Waals surface area (Å²) in [7, 11) is -3.44. The molecule has 116 valence electrons. The van der Waals surface area contributed by atoms with Crippen LogP contribution < -0.4 is 0 Å². The van der Waals surface area contributed by atoms with Crippen LogP contribution in [0.5, 0.6) is 0 Å². The van der Waals surface area contributed by atoms with Crippen LogP contribution in [0.1, 0.15) is 35.6 Å². The normalized spacial score (nSPS) is 19.5. The van der Waals surface area contributed by atoms with Gasteiger partial charge in [0.05, 0.1) is 10.9 Å². The molecule has 3 nitrogen and oxygen atoms in total. The Hall–Kier alpha value is -1.65. The van der Waals surface area contributed by atoms with Gasteiger partial charge in [-0.3, -0.25) is 0 Å². The van der Waals surface area contributed by atoms with Gasteiger partial charge in [-0.15, -0.1) is 0 Å². The summed E-state index contributed by atoms with van der Waals surface area (Å²) in [6, 6.07) is 15.3. The van der Waals surface area contributed by atoms with Gasteiger partial charge in [0.2, 0.25) is 10.0 Å². The lowest BCUT2D eigenvalue weighted by molar-refractivity contribution is 0.396. The van der Waals surface area contributed by atoms with E-state index in [1.54, 1.807) is 16.4 Å². The number of benzene rings is 2. The van der Waals surface area contributed by atoms with Crippen molar-refractivity contribution in [2.24, 2.45) is 0 Å². The average molecular weight is 315 g/mol. The van der Waals surface area contributed by atoms with E-state index in [2.05, 4.69) is 0 Å². The molecule has 1 atom stereocenters. The fraction of sp³-hybridized carbons (Fsp3) is 0.333. The van der Waals surface area contributed by atoms with Gasteiger partial charge in [0.25, 0.3) is 0 Å². The predicted molar refractivity (Wildman–Crippen MR) is 88.2 cm³/mol. The lowest BCUT2D eigenvalue weighted by atomic mass is 10.1. The molecule has 0 spiro atoms. The summed E-state index contributed by atoms with van der Waals surface area (Å²) < 4.78 is 27.7. The lowest BCUT2D eigenvalue weighted by Gasteiger charge is -2.24. The molecular weight excluding hydrogens is 294 g/mol. The minimum atomic E-state index is -3.44. The molecule has 1 heterocycles. The number of aryl methyl sites for hydroxylation is 2. The highest BCUT2D eigenvalue weighted by Gasteiger charge is 2.36. The average Bonchev–Trinajstić information content (AvgIpc) is 3.01. The number of hydrogen-bond acceptors (Lipinski definition) is 2. The summed E-state index contributed by atoms with van der Waals surface area (Å²) in [6.45, 7) is 4.54. The van der Waals surface area contributed by atoms with E-state index < -0.39 is 10.0 Å². The third-order valence-corrected chi connectivity index (χ3v) is 6.38. The minimum absolute atomic E-state index is 0.0483. The first kappa shape index (κ1) is 15.3. The van der Waals surface area contributed by atoms with Gasteiger partial charge in [-0.05, 0) is 55.5 Å². The Morgan fingerprint density at radius 1 is 1.00 bits per heavy atom. The summed E-state index contributed by atoms with van der Waals surface area (Å²) in [5.74, 6) is 0. The maximum Gasteiger partial charge on any atom is 0.243 e. The molecule has 1 saturated heterocycles. The highest BCUT2D eigenvalue weighted by atomic mass is 32.2. The molecule has 1 fully saturated rings. The second-order valence-corrected chi connectivity index (χ2v) is 7.82. The van der Waals surface area contributed by atoms with Crippen LogP contribution in [0.3, 0.4) is 0 Å². The first-order chi connectivity index (χ1) is 10.5. The summed E-state index contributed by atoms with van der Waals surface area (Å²) in [6.07, 6.45) is 1.79. The van der Waals surface area contributed by atoms with Gasteiger partial charge in [0.15, 0.2) is 0 Å². The Morgan fingerprint density at radius 2 is 1.73 bits per heavy atom. The van der Waals surface area contributed by atoms with E-state index in [4.69, 9.17) is 0 Å². The van der Waals surface area contributed by atoms with Gasteiger partial charge in [-0.2, -0.15) is 4.31 Å². The van der Waals surface area contributed by atoms with E-state index >= 15 is 0 Å². The zero-order chi connectivity index (χ0) is 15.7. The Labute approximate surface area is 132 Å². The van der Waals surface area contributed by atoms with Crippen LogP contribution in [0.4, 0.5) is 0 Å². The Bertz CT molecular complexity index is 769. The Balaban J connectivity index is 1.99. The first-order valence-corrected chi connectivity index (χ1v) is 9.08. The second kappa shape index (κ2) is 5.86. The van der Waals surface area contributed by atoms with Crippen LogP contribution >= 0.6 is 0 Å². The van der Waals surface area contributed by atoms with Crippen LogP contribution in [0.2, 0.25) is 0 Å². The van der Waals surface area contributed by atoms with E-state index in [-0.39, 0.29) is 6.04 Å². The van der Waals surface area contributed by atoms with Crippen molar-refractivity contribution in [3.8, 4) is 0 Å². The summed E-state index contributed by atoms with van der Waals surface area (Å²) in [5.41, 5.74) is 3.20. The monoisotopic (exact) mass is 315 g/mol. The van der Waals surface area contributed by atoms with Gasteiger partial charge >= 0.3 is 0 Å². The van der Waals surface area contributed by atoms with Crippen LogP contribution in [0, 0.1) is 13.8 Å². The molecule has 0 saturated carbocycles. The minimum Gasteiger partial charge on any atom is -0.207 e. The van der Waals surface area contributed by atoms with E-state index in [9.17, 15) is 8.42 Å². The van der Waals surface area contributed by atoms with E-state index in [1.807, 2.05) is 50.2 Å². The molecule has 3 rings (SSSR count). The molecule has 1 aliphatic heterocycles. The molecule has 0 aliphatic carbocycles. The number of nitrogens with zero attached hydrogens (tertiary/aromatic N) is 1. The van der Waals surface area contributed by atoms with Crippen molar-refractivity contribution in [2.45, 2.75) is 37.6 Å². The zero-order valence-electron chi connectivity index (χ0n) is 13.0. The smallest absolute Gasteiger partial charge is 0.207 e. The zero-order valence-corrected chi connectivity index (χ0v) is 13.8.